The SMILES string of the molecule is CCCC(c1ccccc1)N(N)c1cncc(-c2ccc(CO)cc2)n1. The molecule has 0 amide bonds. The normalized spacial score (nSPS) is 12.0. The van der Waals surface area contributed by atoms with Crippen LogP contribution in [0.5, 0.6) is 0 Å². The summed E-state index contributed by atoms with van der Waals surface area (Å²) in [6.45, 7) is 2.17. The summed E-state index contributed by atoms with van der Waals surface area (Å²) in [4.78, 5) is 9.03. The van der Waals surface area contributed by atoms with Crippen LogP contribution < -0.4 is 10.9 Å². The van der Waals surface area contributed by atoms with Gasteiger partial charge in [0, 0.05) is 5.56 Å². The fraction of sp³-hybridized carbons (Fsp3) is 0.238. The molecule has 0 radical (unpaired) electrons. The van der Waals surface area contributed by atoms with Crippen molar-refractivity contribution in [2.75, 3.05) is 5.01 Å². The summed E-state index contributed by atoms with van der Waals surface area (Å²) in [5, 5.41) is 10.9. The van der Waals surface area contributed by atoms with Gasteiger partial charge in [-0.1, -0.05) is 67.9 Å². The largest absolute Gasteiger partial charge is 0.392 e. The highest BCUT2D eigenvalue weighted by Gasteiger charge is 2.19. The van der Waals surface area contributed by atoms with E-state index >= 15 is 0 Å². The quantitative estimate of drug-likeness (QED) is 0.501. The van der Waals surface area contributed by atoms with Crippen molar-refractivity contribution >= 4 is 5.82 Å². The number of anilines is 1. The fourth-order valence-corrected chi connectivity index (χ4v) is 2.97. The summed E-state index contributed by atoms with van der Waals surface area (Å²) in [6.07, 6.45) is 5.36. The van der Waals surface area contributed by atoms with Crippen molar-refractivity contribution in [2.24, 2.45) is 5.84 Å². The van der Waals surface area contributed by atoms with Gasteiger partial charge in [-0.05, 0) is 17.5 Å². The summed E-state index contributed by atoms with van der Waals surface area (Å²) >= 11 is 0. The Bertz CT molecular complexity index is 821. The average Bonchev–Trinajstić information content (AvgIpc) is 2.72. The Morgan fingerprint density at radius 2 is 1.77 bits per heavy atom. The molecule has 3 rings (SSSR count). The van der Waals surface area contributed by atoms with Gasteiger partial charge in [0.2, 0.25) is 0 Å². The van der Waals surface area contributed by atoms with Crippen LogP contribution in [0.1, 0.15) is 36.9 Å². The molecule has 0 spiro atoms. The third kappa shape index (κ3) is 4.07. The number of benzene rings is 2. The first-order valence-corrected chi connectivity index (χ1v) is 8.84. The number of aromatic nitrogens is 2. The van der Waals surface area contributed by atoms with Crippen LogP contribution in [0, 0.1) is 0 Å². The van der Waals surface area contributed by atoms with E-state index in [0.717, 1.165) is 35.2 Å². The van der Waals surface area contributed by atoms with E-state index in [-0.39, 0.29) is 12.6 Å². The molecule has 5 nitrogen and oxygen atoms in total. The molecule has 0 saturated heterocycles. The Morgan fingerprint density at radius 1 is 1.04 bits per heavy atom. The number of rotatable bonds is 7. The molecule has 0 saturated carbocycles. The lowest BCUT2D eigenvalue weighted by Crippen LogP contribution is -2.36. The van der Waals surface area contributed by atoms with E-state index in [1.807, 2.05) is 42.5 Å². The first-order chi connectivity index (χ1) is 12.7. The Morgan fingerprint density at radius 3 is 2.42 bits per heavy atom. The highest BCUT2D eigenvalue weighted by atomic mass is 16.3. The van der Waals surface area contributed by atoms with Gasteiger partial charge in [-0.25, -0.2) is 10.8 Å². The van der Waals surface area contributed by atoms with Gasteiger partial charge in [0.05, 0.1) is 30.7 Å². The summed E-state index contributed by atoms with van der Waals surface area (Å²) in [5.41, 5.74) is 3.73. The number of nitrogens with zero attached hydrogens (tertiary/aromatic N) is 3. The van der Waals surface area contributed by atoms with Crippen molar-refractivity contribution < 1.29 is 5.11 Å². The van der Waals surface area contributed by atoms with Crippen molar-refractivity contribution in [3.8, 4) is 11.3 Å². The van der Waals surface area contributed by atoms with Gasteiger partial charge in [0.15, 0.2) is 5.82 Å². The van der Waals surface area contributed by atoms with Crippen LogP contribution >= 0.6 is 0 Å². The molecule has 3 aromatic rings. The Kier molecular flexibility index (Phi) is 5.94. The number of aliphatic hydroxyl groups excluding tert-OH is 1. The number of aliphatic hydroxyl groups is 1. The van der Waals surface area contributed by atoms with Crippen molar-refractivity contribution in [3.05, 3.63) is 78.1 Å². The molecular weight excluding hydrogens is 324 g/mol. The Hall–Kier alpha value is -2.76. The maximum atomic E-state index is 9.18. The van der Waals surface area contributed by atoms with E-state index < -0.39 is 0 Å². The summed E-state index contributed by atoms with van der Waals surface area (Å²) in [6, 6.07) is 17.9. The highest BCUT2D eigenvalue weighted by Crippen LogP contribution is 2.28. The van der Waals surface area contributed by atoms with Gasteiger partial charge in [0.1, 0.15) is 0 Å². The minimum Gasteiger partial charge on any atom is -0.392 e. The molecule has 26 heavy (non-hydrogen) atoms. The van der Waals surface area contributed by atoms with Gasteiger partial charge in [0.25, 0.3) is 0 Å². The van der Waals surface area contributed by atoms with Crippen LogP contribution in [-0.4, -0.2) is 15.1 Å². The zero-order valence-corrected chi connectivity index (χ0v) is 14.9. The van der Waals surface area contributed by atoms with Gasteiger partial charge < -0.3 is 5.11 Å². The monoisotopic (exact) mass is 348 g/mol. The fourth-order valence-electron chi connectivity index (χ4n) is 2.97. The van der Waals surface area contributed by atoms with Crippen molar-refractivity contribution in [3.63, 3.8) is 0 Å². The number of nitrogens with two attached hydrogens (primary N) is 1. The van der Waals surface area contributed by atoms with Gasteiger partial charge in [-0.2, -0.15) is 0 Å². The van der Waals surface area contributed by atoms with Gasteiger partial charge in [-0.15, -0.1) is 0 Å². The molecule has 1 heterocycles. The van der Waals surface area contributed by atoms with E-state index in [4.69, 9.17) is 10.8 Å². The summed E-state index contributed by atoms with van der Waals surface area (Å²) < 4.78 is 0. The zero-order chi connectivity index (χ0) is 18.4. The third-order valence-electron chi connectivity index (χ3n) is 4.40. The molecule has 1 aromatic heterocycles. The smallest absolute Gasteiger partial charge is 0.162 e. The number of hydrogen-bond donors (Lipinski definition) is 2. The second kappa shape index (κ2) is 8.56. The van der Waals surface area contributed by atoms with Gasteiger partial charge >= 0.3 is 0 Å². The molecule has 1 atom stereocenters. The van der Waals surface area contributed by atoms with E-state index in [2.05, 4.69) is 24.0 Å². The van der Waals surface area contributed by atoms with Crippen LogP contribution in [0.15, 0.2) is 67.0 Å². The topological polar surface area (TPSA) is 75.3 Å². The van der Waals surface area contributed by atoms with Crippen LogP contribution in [0.4, 0.5) is 5.82 Å². The highest BCUT2D eigenvalue weighted by molar-refractivity contribution is 5.60. The van der Waals surface area contributed by atoms with Crippen molar-refractivity contribution in [1.29, 1.82) is 0 Å². The summed E-state index contributed by atoms with van der Waals surface area (Å²) in [5.74, 6) is 7.08. The second-order valence-electron chi connectivity index (χ2n) is 6.24. The number of hydrogen-bond acceptors (Lipinski definition) is 5. The summed E-state index contributed by atoms with van der Waals surface area (Å²) in [7, 11) is 0. The van der Waals surface area contributed by atoms with Crippen LogP contribution in [0.25, 0.3) is 11.3 Å². The molecule has 1 unspecified atom stereocenters. The lowest BCUT2D eigenvalue weighted by atomic mass is 10.0. The van der Waals surface area contributed by atoms with E-state index in [1.54, 1.807) is 17.4 Å². The van der Waals surface area contributed by atoms with Crippen LogP contribution in [0.2, 0.25) is 0 Å². The van der Waals surface area contributed by atoms with E-state index in [9.17, 15) is 5.11 Å². The first-order valence-electron chi connectivity index (χ1n) is 8.84. The van der Waals surface area contributed by atoms with E-state index in [0.29, 0.717) is 5.82 Å². The lowest BCUT2D eigenvalue weighted by molar-refractivity contribution is 0.282. The predicted molar refractivity (Wildman–Crippen MR) is 104 cm³/mol. The molecular formula is C21H24N4O. The molecule has 3 N–H and O–H groups in total. The van der Waals surface area contributed by atoms with Crippen LogP contribution in [-0.2, 0) is 6.61 Å². The van der Waals surface area contributed by atoms with Crippen LogP contribution in [0.3, 0.4) is 0 Å². The Balaban J connectivity index is 1.90. The van der Waals surface area contributed by atoms with Crippen molar-refractivity contribution in [2.45, 2.75) is 32.4 Å². The molecule has 0 aliphatic heterocycles. The minimum atomic E-state index is 0.0261. The number of hydrazine groups is 1. The van der Waals surface area contributed by atoms with Crippen molar-refractivity contribution in [1.82, 2.24) is 9.97 Å². The zero-order valence-electron chi connectivity index (χ0n) is 14.9. The molecule has 0 aliphatic rings. The first kappa shape index (κ1) is 18.0. The molecule has 2 aromatic carbocycles. The lowest BCUT2D eigenvalue weighted by Gasteiger charge is -2.28. The second-order valence-corrected chi connectivity index (χ2v) is 6.24. The molecule has 5 heteroatoms. The predicted octanol–water partition coefficient (Wildman–Crippen LogP) is 3.86. The molecule has 134 valence electrons. The molecule has 0 aliphatic carbocycles. The Labute approximate surface area is 154 Å². The minimum absolute atomic E-state index is 0.0261. The van der Waals surface area contributed by atoms with E-state index in [1.165, 1.54) is 0 Å². The maximum Gasteiger partial charge on any atom is 0.162 e. The molecule has 0 fully saturated rings. The third-order valence-corrected chi connectivity index (χ3v) is 4.40. The maximum absolute atomic E-state index is 9.18. The standard InChI is InChI=1S/C21H24N4O/c1-2-6-20(18-7-4-3-5-8-18)25(22)21-14-23-13-19(24-21)17-11-9-16(15-26)10-12-17/h3-5,7-14,20,26H,2,6,15,22H2,1H3. The van der Waals surface area contributed by atoms with Gasteiger partial charge in [-0.3, -0.25) is 9.99 Å². The average molecular weight is 348 g/mol. The molecule has 0 bridgehead atoms.